The van der Waals surface area contributed by atoms with E-state index < -0.39 is 0 Å². The number of nitrogens with one attached hydrogen (secondary N) is 1. The molecule has 1 amide bonds. The first-order chi connectivity index (χ1) is 8.61. The largest absolute Gasteiger partial charge is 0.475 e. The Morgan fingerprint density at radius 2 is 2.11 bits per heavy atom. The molecule has 6 heteroatoms. The molecule has 6 nitrogen and oxygen atoms in total. The van der Waals surface area contributed by atoms with Crippen LogP contribution in [-0.4, -0.2) is 37.0 Å². The Balaban J connectivity index is 2.44. The number of carbonyl (C=O) groups excluding carboxylic acids is 2. The first-order valence-electron chi connectivity index (χ1n) is 5.49. The average Bonchev–Trinajstić information content (AvgIpc) is 2.30. The van der Waals surface area contributed by atoms with Crippen molar-refractivity contribution in [1.82, 2.24) is 4.98 Å². The SMILES string of the molecule is COCCOc1ccc(NC(=O)CC(C)=O)cn1. The van der Waals surface area contributed by atoms with E-state index in [1.807, 2.05) is 0 Å². The molecule has 0 aliphatic rings. The molecule has 18 heavy (non-hydrogen) atoms. The van der Waals surface area contributed by atoms with Gasteiger partial charge < -0.3 is 14.8 Å². The van der Waals surface area contributed by atoms with Crippen LogP contribution in [0.3, 0.4) is 0 Å². The molecule has 0 saturated carbocycles. The second-order valence-corrected chi connectivity index (χ2v) is 3.65. The summed E-state index contributed by atoms with van der Waals surface area (Å²) in [6.07, 6.45) is 1.34. The number of hydrogen-bond acceptors (Lipinski definition) is 5. The number of ketones is 1. The van der Waals surface area contributed by atoms with E-state index in [0.29, 0.717) is 24.8 Å². The molecule has 0 fully saturated rings. The lowest BCUT2D eigenvalue weighted by Gasteiger charge is -2.06. The van der Waals surface area contributed by atoms with E-state index in [2.05, 4.69) is 10.3 Å². The Morgan fingerprint density at radius 3 is 2.67 bits per heavy atom. The number of amides is 1. The molecular formula is C12H16N2O4. The van der Waals surface area contributed by atoms with Gasteiger partial charge in [0.05, 0.1) is 24.9 Å². The number of hydrogen-bond donors (Lipinski definition) is 1. The molecule has 0 saturated heterocycles. The summed E-state index contributed by atoms with van der Waals surface area (Å²) in [6.45, 7) is 2.27. The Bertz CT molecular complexity index is 403. The minimum absolute atomic E-state index is 0.133. The number of aromatic nitrogens is 1. The van der Waals surface area contributed by atoms with Gasteiger partial charge in [0.25, 0.3) is 0 Å². The van der Waals surface area contributed by atoms with Crippen LogP contribution in [0, 0.1) is 0 Å². The second kappa shape index (κ2) is 7.39. The van der Waals surface area contributed by atoms with Crippen molar-refractivity contribution < 1.29 is 19.1 Å². The number of pyridine rings is 1. The Labute approximate surface area is 105 Å². The average molecular weight is 252 g/mol. The highest BCUT2D eigenvalue weighted by molar-refractivity contribution is 6.03. The lowest BCUT2D eigenvalue weighted by molar-refractivity contribution is -0.124. The van der Waals surface area contributed by atoms with E-state index in [1.165, 1.54) is 13.1 Å². The second-order valence-electron chi connectivity index (χ2n) is 3.65. The summed E-state index contributed by atoms with van der Waals surface area (Å²) in [5, 5.41) is 2.57. The monoisotopic (exact) mass is 252 g/mol. The maximum atomic E-state index is 11.3. The molecule has 1 aromatic heterocycles. The van der Waals surface area contributed by atoms with Crippen LogP contribution in [0.4, 0.5) is 5.69 Å². The summed E-state index contributed by atoms with van der Waals surface area (Å²) >= 11 is 0. The lowest BCUT2D eigenvalue weighted by Crippen LogP contribution is -2.14. The molecule has 0 unspecified atom stereocenters. The van der Waals surface area contributed by atoms with Crippen molar-refractivity contribution in [2.24, 2.45) is 0 Å². The van der Waals surface area contributed by atoms with Gasteiger partial charge in [-0.15, -0.1) is 0 Å². The molecule has 0 aromatic carbocycles. The van der Waals surface area contributed by atoms with Crippen molar-refractivity contribution in [3.8, 4) is 5.88 Å². The van der Waals surface area contributed by atoms with Crippen LogP contribution in [0.15, 0.2) is 18.3 Å². The number of carbonyl (C=O) groups is 2. The van der Waals surface area contributed by atoms with Gasteiger partial charge in [-0.25, -0.2) is 4.98 Å². The van der Waals surface area contributed by atoms with Gasteiger partial charge >= 0.3 is 0 Å². The van der Waals surface area contributed by atoms with E-state index in [9.17, 15) is 9.59 Å². The summed E-state index contributed by atoms with van der Waals surface area (Å²) in [5.41, 5.74) is 0.528. The molecule has 1 N–H and O–H groups in total. The molecule has 0 bridgehead atoms. The summed E-state index contributed by atoms with van der Waals surface area (Å²) < 4.78 is 10.1. The predicted octanol–water partition coefficient (Wildman–Crippen LogP) is 1.02. The number of nitrogens with zero attached hydrogens (tertiary/aromatic N) is 1. The van der Waals surface area contributed by atoms with Crippen LogP contribution in [-0.2, 0) is 14.3 Å². The van der Waals surface area contributed by atoms with E-state index in [1.54, 1.807) is 19.2 Å². The van der Waals surface area contributed by atoms with Gasteiger partial charge in [0.15, 0.2) is 0 Å². The molecule has 1 heterocycles. The highest BCUT2D eigenvalue weighted by Gasteiger charge is 2.05. The van der Waals surface area contributed by atoms with Gasteiger partial charge in [-0.2, -0.15) is 0 Å². The van der Waals surface area contributed by atoms with Gasteiger partial charge in [0.1, 0.15) is 12.4 Å². The van der Waals surface area contributed by atoms with Crippen LogP contribution in [0.5, 0.6) is 5.88 Å². The quantitative estimate of drug-likeness (QED) is 0.579. The summed E-state index contributed by atoms with van der Waals surface area (Å²) in [6, 6.07) is 3.30. The molecule has 0 aliphatic heterocycles. The fraction of sp³-hybridized carbons (Fsp3) is 0.417. The first kappa shape index (κ1) is 14.1. The maximum absolute atomic E-state index is 11.3. The number of Topliss-reactive ketones (excluding diaryl/α,β-unsaturated/α-hetero) is 1. The van der Waals surface area contributed by atoms with E-state index >= 15 is 0 Å². The minimum Gasteiger partial charge on any atom is -0.475 e. The third-order valence-corrected chi connectivity index (χ3v) is 1.97. The van der Waals surface area contributed by atoms with Crippen LogP contribution in [0.1, 0.15) is 13.3 Å². The van der Waals surface area contributed by atoms with E-state index in [0.717, 1.165) is 0 Å². The van der Waals surface area contributed by atoms with Crippen molar-refractivity contribution >= 4 is 17.4 Å². The Morgan fingerprint density at radius 1 is 1.33 bits per heavy atom. The van der Waals surface area contributed by atoms with Gasteiger partial charge in [0.2, 0.25) is 11.8 Å². The normalized spacial score (nSPS) is 9.89. The standard InChI is InChI=1S/C12H16N2O4/c1-9(15)7-11(16)14-10-3-4-12(13-8-10)18-6-5-17-2/h3-4,8H,5-7H2,1-2H3,(H,14,16). The first-order valence-corrected chi connectivity index (χ1v) is 5.49. The fourth-order valence-electron chi connectivity index (χ4n) is 1.20. The third kappa shape index (κ3) is 5.40. The smallest absolute Gasteiger partial charge is 0.231 e. The minimum atomic E-state index is -0.350. The molecule has 98 valence electrons. The fourth-order valence-corrected chi connectivity index (χ4v) is 1.20. The molecule has 0 radical (unpaired) electrons. The van der Waals surface area contributed by atoms with Gasteiger partial charge in [-0.3, -0.25) is 9.59 Å². The number of rotatable bonds is 7. The summed E-state index contributed by atoms with van der Waals surface area (Å²) in [5.74, 6) is -0.0750. The van der Waals surface area contributed by atoms with E-state index in [-0.39, 0.29) is 18.1 Å². The van der Waals surface area contributed by atoms with Crippen molar-refractivity contribution in [3.05, 3.63) is 18.3 Å². The highest BCUT2D eigenvalue weighted by atomic mass is 16.5. The van der Waals surface area contributed by atoms with Crippen LogP contribution in [0.2, 0.25) is 0 Å². The Hall–Kier alpha value is -1.95. The molecular weight excluding hydrogens is 236 g/mol. The number of anilines is 1. The Kier molecular flexibility index (Phi) is 5.79. The topological polar surface area (TPSA) is 77.5 Å². The lowest BCUT2D eigenvalue weighted by atomic mass is 10.3. The summed E-state index contributed by atoms with van der Waals surface area (Å²) in [4.78, 5) is 26.1. The zero-order valence-electron chi connectivity index (χ0n) is 10.4. The van der Waals surface area contributed by atoms with Gasteiger partial charge in [-0.05, 0) is 13.0 Å². The van der Waals surface area contributed by atoms with Crippen molar-refractivity contribution in [3.63, 3.8) is 0 Å². The van der Waals surface area contributed by atoms with Crippen LogP contribution >= 0.6 is 0 Å². The highest BCUT2D eigenvalue weighted by Crippen LogP contribution is 2.11. The van der Waals surface area contributed by atoms with Crippen molar-refractivity contribution in [2.75, 3.05) is 25.6 Å². The molecule has 0 spiro atoms. The van der Waals surface area contributed by atoms with Crippen LogP contribution in [0.25, 0.3) is 0 Å². The zero-order chi connectivity index (χ0) is 13.4. The third-order valence-electron chi connectivity index (χ3n) is 1.97. The summed E-state index contributed by atoms with van der Waals surface area (Å²) in [7, 11) is 1.59. The molecule has 1 rings (SSSR count). The number of methoxy groups -OCH3 is 1. The number of ether oxygens (including phenoxy) is 2. The zero-order valence-corrected chi connectivity index (χ0v) is 10.4. The van der Waals surface area contributed by atoms with E-state index in [4.69, 9.17) is 9.47 Å². The van der Waals surface area contributed by atoms with Crippen molar-refractivity contribution in [2.45, 2.75) is 13.3 Å². The molecule has 0 aliphatic carbocycles. The molecule has 0 atom stereocenters. The predicted molar refractivity (Wildman–Crippen MR) is 65.5 cm³/mol. The maximum Gasteiger partial charge on any atom is 0.231 e. The molecule has 1 aromatic rings. The van der Waals surface area contributed by atoms with Crippen molar-refractivity contribution in [1.29, 1.82) is 0 Å². The van der Waals surface area contributed by atoms with Gasteiger partial charge in [-0.1, -0.05) is 0 Å². The van der Waals surface area contributed by atoms with Gasteiger partial charge in [0, 0.05) is 13.2 Å². The van der Waals surface area contributed by atoms with Crippen LogP contribution < -0.4 is 10.1 Å².